The van der Waals surface area contributed by atoms with E-state index in [2.05, 4.69) is 6.92 Å². The normalized spacial score (nSPS) is 10.3. The van der Waals surface area contributed by atoms with Gasteiger partial charge in [-0.25, -0.2) is 4.79 Å². The summed E-state index contributed by atoms with van der Waals surface area (Å²) in [7, 11) is 0. The third-order valence-electron chi connectivity index (χ3n) is 2.94. The standard InChI is InChI=1S/C15H22O3/c1-3-4-5-6-7-10-18-13-8-9-14(15(16)17)12(2)11-13/h8-9,11H,3-7,10H2,1-2H3,(H,16,17). The minimum Gasteiger partial charge on any atom is -0.494 e. The number of hydrogen-bond donors (Lipinski definition) is 1. The fourth-order valence-corrected chi connectivity index (χ4v) is 1.86. The molecule has 0 aliphatic rings. The maximum Gasteiger partial charge on any atom is 0.335 e. The summed E-state index contributed by atoms with van der Waals surface area (Å²) in [5.41, 5.74) is 1.08. The highest BCUT2D eigenvalue weighted by Crippen LogP contribution is 2.17. The Kier molecular flexibility index (Phi) is 6.26. The Hall–Kier alpha value is -1.51. The van der Waals surface area contributed by atoms with E-state index in [-0.39, 0.29) is 0 Å². The molecule has 0 aliphatic carbocycles. The van der Waals surface area contributed by atoms with E-state index in [1.165, 1.54) is 25.7 Å². The van der Waals surface area contributed by atoms with E-state index in [0.717, 1.165) is 17.7 Å². The Morgan fingerprint density at radius 1 is 1.22 bits per heavy atom. The lowest BCUT2D eigenvalue weighted by molar-refractivity contribution is 0.0696. The molecule has 18 heavy (non-hydrogen) atoms. The zero-order valence-electron chi connectivity index (χ0n) is 11.2. The molecule has 1 N–H and O–H groups in total. The SMILES string of the molecule is CCCCCCCOc1ccc(C(=O)O)c(C)c1. The number of ether oxygens (including phenoxy) is 1. The summed E-state index contributed by atoms with van der Waals surface area (Å²) in [4.78, 5) is 10.9. The zero-order chi connectivity index (χ0) is 13.4. The molecule has 0 saturated carbocycles. The zero-order valence-corrected chi connectivity index (χ0v) is 11.2. The van der Waals surface area contributed by atoms with Crippen LogP contribution in [0.3, 0.4) is 0 Å². The first kappa shape index (κ1) is 14.6. The fraction of sp³-hybridized carbons (Fsp3) is 0.533. The summed E-state index contributed by atoms with van der Waals surface area (Å²) in [5, 5.41) is 8.91. The van der Waals surface area contributed by atoms with Gasteiger partial charge in [0, 0.05) is 0 Å². The molecule has 0 atom stereocenters. The van der Waals surface area contributed by atoms with E-state index in [4.69, 9.17) is 9.84 Å². The number of carboxylic acids is 1. The minimum absolute atomic E-state index is 0.338. The second kappa shape index (κ2) is 7.75. The second-order valence-electron chi connectivity index (χ2n) is 4.54. The van der Waals surface area contributed by atoms with Gasteiger partial charge in [0.25, 0.3) is 0 Å². The highest BCUT2D eigenvalue weighted by Gasteiger charge is 2.07. The molecule has 0 fully saturated rings. The van der Waals surface area contributed by atoms with Gasteiger partial charge in [0.2, 0.25) is 0 Å². The lowest BCUT2D eigenvalue weighted by atomic mass is 10.1. The van der Waals surface area contributed by atoms with Crippen LogP contribution in [0.5, 0.6) is 5.75 Å². The molecular weight excluding hydrogens is 228 g/mol. The quantitative estimate of drug-likeness (QED) is 0.708. The number of carboxylic acid groups (broad SMARTS) is 1. The molecule has 0 saturated heterocycles. The Labute approximate surface area is 109 Å². The largest absolute Gasteiger partial charge is 0.494 e. The van der Waals surface area contributed by atoms with Crippen LogP contribution in [0.2, 0.25) is 0 Å². The summed E-state index contributed by atoms with van der Waals surface area (Å²) in [6.07, 6.45) is 6.04. The van der Waals surface area contributed by atoms with Crippen molar-refractivity contribution in [2.75, 3.05) is 6.61 Å². The van der Waals surface area contributed by atoms with E-state index in [9.17, 15) is 4.79 Å². The number of benzene rings is 1. The smallest absolute Gasteiger partial charge is 0.335 e. The molecule has 0 aromatic heterocycles. The van der Waals surface area contributed by atoms with E-state index in [1.54, 1.807) is 25.1 Å². The van der Waals surface area contributed by atoms with Crippen LogP contribution in [-0.2, 0) is 0 Å². The maximum atomic E-state index is 10.9. The first-order valence-corrected chi connectivity index (χ1v) is 6.62. The van der Waals surface area contributed by atoms with Crippen LogP contribution in [0.4, 0.5) is 0 Å². The average molecular weight is 250 g/mol. The summed E-state index contributed by atoms with van der Waals surface area (Å²) in [6.45, 7) is 4.69. The third-order valence-corrected chi connectivity index (χ3v) is 2.94. The molecule has 3 heteroatoms. The maximum absolute atomic E-state index is 10.9. The van der Waals surface area contributed by atoms with Crippen LogP contribution in [0.15, 0.2) is 18.2 Å². The molecule has 0 radical (unpaired) electrons. The van der Waals surface area contributed by atoms with Crippen molar-refractivity contribution in [3.8, 4) is 5.75 Å². The van der Waals surface area contributed by atoms with Gasteiger partial charge in [0.1, 0.15) is 5.75 Å². The summed E-state index contributed by atoms with van der Waals surface area (Å²) >= 11 is 0. The van der Waals surface area contributed by atoms with Gasteiger partial charge in [-0.15, -0.1) is 0 Å². The molecule has 100 valence electrons. The summed E-state index contributed by atoms with van der Waals surface area (Å²) in [6, 6.07) is 5.11. The van der Waals surface area contributed by atoms with Crippen molar-refractivity contribution in [3.05, 3.63) is 29.3 Å². The monoisotopic (exact) mass is 250 g/mol. The van der Waals surface area contributed by atoms with Crippen molar-refractivity contribution in [3.63, 3.8) is 0 Å². The fourth-order valence-electron chi connectivity index (χ4n) is 1.86. The predicted molar refractivity (Wildman–Crippen MR) is 72.4 cm³/mol. The van der Waals surface area contributed by atoms with E-state index in [0.29, 0.717) is 12.2 Å². The van der Waals surface area contributed by atoms with Crippen molar-refractivity contribution in [2.45, 2.75) is 46.0 Å². The van der Waals surface area contributed by atoms with Gasteiger partial charge in [-0.1, -0.05) is 32.6 Å². The highest BCUT2D eigenvalue weighted by atomic mass is 16.5. The summed E-state index contributed by atoms with van der Waals surface area (Å²) in [5.74, 6) is -0.133. The third kappa shape index (κ3) is 4.78. The lowest BCUT2D eigenvalue weighted by Crippen LogP contribution is -2.01. The Bertz CT molecular complexity index is 385. The first-order chi connectivity index (χ1) is 8.65. The van der Waals surface area contributed by atoms with Gasteiger partial charge in [0.05, 0.1) is 12.2 Å². The van der Waals surface area contributed by atoms with Crippen molar-refractivity contribution in [1.82, 2.24) is 0 Å². The molecule has 1 rings (SSSR count). The van der Waals surface area contributed by atoms with Crippen molar-refractivity contribution in [1.29, 1.82) is 0 Å². The molecule has 0 spiro atoms. The van der Waals surface area contributed by atoms with E-state index >= 15 is 0 Å². The Morgan fingerprint density at radius 2 is 1.94 bits per heavy atom. The molecule has 1 aromatic carbocycles. The number of aromatic carboxylic acids is 1. The lowest BCUT2D eigenvalue weighted by Gasteiger charge is -2.08. The van der Waals surface area contributed by atoms with Gasteiger partial charge in [0.15, 0.2) is 0 Å². The average Bonchev–Trinajstić information content (AvgIpc) is 2.33. The Morgan fingerprint density at radius 3 is 2.56 bits per heavy atom. The van der Waals surface area contributed by atoms with E-state index in [1.807, 2.05) is 0 Å². The molecule has 3 nitrogen and oxygen atoms in total. The summed E-state index contributed by atoms with van der Waals surface area (Å²) < 4.78 is 5.61. The molecular formula is C15H22O3. The van der Waals surface area contributed by atoms with Gasteiger partial charge >= 0.3 is 5.97 Å². The van der Waals surface area contributed by atoms with Crippen molar-refractivity contribution in [2.24, 2.45) is 0 Å². The van der Waals surface area contributed by atoms with Gasteiger partial charge in [-0.05, 0) is 37.1 Å². The predicted octanol–water partition coefficient (Wildman–Crippen LogP) is 4.04. The van der Waals surface area contributed by atoms with Gasteiger partial charge in [-0.3, -0.25) is 0 Å². The van der Waals surface area contributed by atoms with Crippen LogP contribution in [0, 0.1) is 6.92 Å². The molecule has 0 heterocycles. The van der Waals surface area contributed by atoms with Crippen molar-refractivity contribution >= 4 is 5.97 Å². The molecule has 0 bridgehead atoms. The number of rotatable bonds is 8. The van der Waals surface area contributed by atoms with Crippen LogP contribution < -0.4 is 4.74 Å². The van der Waals surface area contributed by atoms with Crippen LogP contribution >= 0.6 is 0 Å². The molecule has 0 amide bonds. The molecule has 1 aromatic rings. The topological polar surface area (TPSA) is 46.5 Å². The Balaban J connectivity index is 2.35. The van der Waals surface area contributed by atoms with E-state index < -0.39 is 5.97 Å². The molecule has 0 aliphatic heterocycles. The van der Waals surface area contributed by atoms with Crippen LogP contribution in [-0.4, -0.2) is 17.7 Å². The number of aryl methyl sites for hydroxylation is 1. The first-order valence-electron chi connectivity index (χ1n) is 6.62. The van der Waals surface area contributed by atoms with Crippen molar-refractivity contribution < 1.29 is 14.6 Å². The van der Waals surface area contributed by atoms with Crippen LogP contribution in [0.1, 0.15) is 54.9 Å². The number of unbranched alkanes of at least 4 members (excludes halogenated alkanes) is 4. The number of hydrogen-bond acceptors (Lipinski definition) is 2. The van der Waals surface area contributed by atoms with Crippen LogP contribution in [0.25, 0.3) is 0 Å². The highest BCUT2D eigenvalue weighted by molar-refractivity contribution is 5.89. The van der Waals surface area contributed by atoms with Gasteiger partial charge < -0.3 is 9.84 Å². The number of carbonyl (C=O) groups is 1. The second-order valence-corrected chi connectivity index (χ2v) is 4.54. The molecule has 0 unspecified atom stereocenters. The minimum atomic E-state index is -0.890. The van der Waals surface area contributed by atoms with Gasteiger partial charge in [-0.2, -0.15) is 0 Å².